The summed E-state index contributed by atoms with van der Waals surface area (Å²) >= 11 is 0. The zero-order valence-corrected chi connectivity index (χ0v) is 10.6. The van der Waals surface area contributed by atoms with Crippen LogP contribution in [-0.2, 0) is 4.79 Å². The van der Waals surface area contributed by atoms with E-state index in [0.29, 0.717) is 12.5 Å². The maximum atomic E-state index is 11.3. The zero-order chi connectivity index (χ0) is 11.7. The molecule has 1 amide bonds. The van der Waals surface area contributed by atoms with Crippen molar-refractivity contribution in [1.29, 1.82) is 0 Å². The van der Waals surface area contributed by atoms with Gasteiger partial charge >= 0.3 is 0 Å². The number of unbranched alkanes of at least 4 members (excludes halogenated alkanes) is 2. The largest absolute Gasteiger partial charge is 0.354 e. The predicted molar refractivity (Wildman–Crippen MR) is 64.9 cm³/mol. The molecule has 0 saturated heterocycles. The minimum atomic E-state index is 0.182. The first kappa shape index (κ1) is 14.4. The highest BCUT2D eigenvalue weighted by Crippen LogP contribution is 1.99. The third-order valence-electron chi connectivity index (χ3n) is 2.08. The van der Waals surface area contributed by atoms with E-state index in [0.717, 1.165) is 25.8 Å². The van der Waals surface area contributed by atoms with Crippen LogP contribution in [0.2, 0.25) is 0 Å². The molecule has 0 unspecified atom stereocenters. The molecule has 3 heteroatoms. The monoisotopic (exact) mass is 214 g/mol. The topological polar surface area (TPSA) is 41.1 Å². The molecule has 0 aliphatic rings. The molecular weight excluding hydrogens is 188 g/mol. The fourth-order valence-corrected chi connectivity index (χ4v) is 1.37. The highest BCUT2D eigenvalue weighted by molar-refractivity contribution is 5.76. The Hall–Kier alpha value is -0.570. The van der Waals surface area contributed by atoms with E-state index in [1.54, 1.807) is 0 Å². The Balaban J connectivity index is 3.20. The summed E-state index contributed by atoms with van der Waals surface area (Å²) in [5.74, 6) is 0.182. The Morgan fingerprint density at radius 2 is 1.67 bits per heavy atom. The molecule has 0 rings (SSSR count). The van der Waals surface area contributed by atoms with E-state index in [9.17, 15) is 4.79 Å². The molecule has 0 bridgehead atoms. The molecule has 3 nitrogen and oxygen atoms in total. The molecule has 15 heavy (non-hydrogen) atoms. The molecule has 0 aliphatic heterocycles. The molecule has 0 radical (unpaired) electrons. The van der Waals surface area contributed by atoms with E-state index < -0.39 is 0 Å². The van der Waals surface area contributed by atoms with Gasteiger partial charge in [0.15, 0.2) is 0 Å². The molecule has 0 heterocycles. The standard InChI is InChI=1S/C12H26N2O/c1-10(2)13-9-7-5-6-8-12(15)14-11(3)4/h10-11,13H,5-9H2,1-4H3,(H,14,15). The maximum absolute atomic E-state index is 11.3. The van der Waals surface area contributed by atoms with Gasteiger partial charge in [-0.2, -0.15) is 0 Å². The summed E-state index contributed by atoms with van der Waals surface area (Å²) < 4.78 is 0. The first-order chi connectivity index (χ1) is 7.02. The number of carbonyl (C=O) groups excluding carboxylic acids is 1. The van der Waals surface area contributed by atoms with Crippen molar-refractivity contribution < 1.29 is 4.79 Å². The minimum Gasteiger partial charge on any atom is -0.354 e. The van der Waals surface area contributed by atoms with Gasteiger partial charge in [-0.1, -0.05) is 20.3 Å². The maximum Gasteiger partial charge on any atom is 0.220 e. The Morgan fingerprint density at radius 1 is 1.00 bits per heavy atom. The third kappa shape index (κ3) is 11.4. The molecule has 0 saturated carbocycles. The van der Waals surface area contributed by atoms with Gasteiger partial charge in [0, 0.05) is 18.5 Å². The van der Waals surface area contributed by atoms with Crippen molar-refractivity contribution in [3.05, 3.63) is 0 Å². The lowest BCUT2D eigenvalue weighted by Gasteiger charge is -2.09. The van der Waals surface area contributed by atoms with Crippen LogP contribution in [0.25, 0.3) is 0 Å². The SMILES string of the molecule is CC(C)NCCCCCC(=O)NC(C)C. The smallest absolute Gasteiger partial charge is 0.220 e. The Kier molecular flexibility index (Phi) is 8.38. The first-order valence-electron chi connectivity index (χ1n) is 6.05. The summed E-state index contributed by atoms with van der Waals surface area (Å²) in [4.78, 5) is 11.3. The Morgan fingerprint density at radius 3 is 2.20 bits per heavy atom. The van der Waals surface area contributed by atoms with Crippen LogP contribution in [0, 0.1) is 0 Å². The van der Waals surface area contributed by atoms with Crippen LogP contribution >= 0.6 is 0 Å². The van der Waals surface area contributed by atoms with E-state index in [1.165, 1.54) is 0 Å². The van der Waals surface area contributed by atoms with Crippen LogP contribution in [-0.4, -0.2) is 24.5 Å². The number of rotatable bonds is 8. The molecule has 90 valence electrons. The molecule has 0 fully saturated rings. The number of hydrogen-bond acceptors (Lipinski definition) is 2. The molecule has 0 aromatic carbocycles. The van der Waals surface area contributed by atoms with E-state index in [-0.39, 0.29) is 11.9 Å². The summed E-state index contributed by atoms with van der Waals surface area (Å²) in [6, 6.07) is 0.828. The molecule has 0 aliphatic carbocycles. The van der Waals surface area contributed by atoms with Crippen molar-refractivity contribution in [1.82, 2.24) is 10.6 Å². The average molecular weight is 214 g/mol. The van der Waals surface area contributed by atoms with Crippen molar-refractivity contribution >= 4 is 5.91 Å². The van der Waals surface area contributed by atoms with Gasteiger partial charge in [0.05, 0.1) is 0 Å². The molecule has 0 aromatic heterocycles. The van der Waals surface area contributed by atoms with Gasteiger partial charge in [0.2, 0.25) is 5.91 Å². The van der Waals surface area contributed by atoms with Crippen LogP contribution < -0.4 is 10.6 Å². The van der Waals surface area contributed by atoms with Crippen molar-refractivity contribution in [2.24, 2.45) is 0 Å². The quantitative estimate of drug-likeness (QED) is 0.607. The summed E-state index contributed by atoms with van der Waals surface area (Å²) in [6.45, 7) is 9.34. The van der Waals surface area contributed by atoms with Gasteiger partial charge in [-0.05, 0) is 33.2 Å². The van der Waals surface area contributed by atoms with Gasteiger partial charge in [0.25, 0.3) is 0 Å². The number of hydrogen-bond donors (Lipinski definition) is 2. The van der Waals surface area contributed by atoms with Crippen LogP contribution in [0.3, 0.4) is 0 Å². The van der Waals surface area contributed by atoms with Crippen molar-refractivity contribution in [2.45, 2.75) is 65.5 Å². The lowest BCUT2D eigenvalue weighted by Crippen LogP contribution is -2.29. The lowest BCUT2D eigenvalue weighted by atomic mass is 10.2. The third-order valence-corrected chi connectivity index (χ3v) is 2.08. The predicted octanol–water partition coefficient (Wildman–Crippen LogP) is 2.07. The van der Waals surface area contributed by atoms with Crippen LogP contribution in [0.15, 0.2) is 0 Å². The first-order valence-corrected chi connectivity index (χ1v) is 6.05. The van der Waals surface area contributed by atoms with Gasteiger partial charge < -0.3 is 10.6 Å². The van der Waals surface area contributed by atoms with Crippen LogP contribution in [0.1, 0.15) is 53.4 Å². The second-order valence-corrected chi connectivity index (χ2v) is 4.64. The van der Waals surface area contributed by atoms with Crippen LogP contribution in [0.4, 0.5) is 0 Å². The lowest BCUT2D eigenvalue weighted by molar-refractivity contribution is -0.121. The van der Waals surface area contributed by atoms with E-state index in [1.807, 2.05) is 13.8 Å². The summed E-state index contributed by atoms with van der Waals surface area (Å²) in [5.41, 5.74) is 0. The Bertz CT molecular complexity index is 167. The second kappa shape index (κ2) is 8.72. The highest BCUT2D eigenvalue weighted by atomic mass is 16.1. The second-order valence-electron chi connectivity index (χ2n) is 4.64. The molecule has 0 atom stereocenters. The molecule has 0 aromatic rings. The molecular formula is C12H26N2O. The zero-order valence-electron chi connectivity index (χ0n) is 10.6. The van der Waals surface area contributed by atoms with Gasteiger partial charge in [-0.25, -0.2) is 0 Å². The Labute approximate surface area is 94.0 Å². The van der Waals surface area contributed by atoms with Crippen molar-refractivity contribution in [2.75, 3.05) is 6.54 Å². The van der Waals surface area contributed by atoms with Crippen molar-refractivity contribution in [3.8, 4) is 0 Å². The number of carbonyl (C=O) groups is 1. The number of nitrogens with one attached hydrogen (secondary N) is 2. The summed E-state index contributed by atoms with van der Waals surface area (Å²) in [6.07, 6.45) is 3.95. The highest BCUT2D eigenvalue weighted by Gasteiger charge is 2.02. The van der Waals surface area contributed by atoms with Crippen LogP contribution in [0.5, 0.6) is 0 Å². The van der Waals surface area contributed by atoms with Gasteiger partial charge in [-0.3, -0.25) is 4.79 Å². The van der Waals surface area contributed by atoms with E-state index >= 15 is 0 Å². The van der Waals surface area contributed by atoms with Gasteiger partial charge in [-0.15, -0.1) is 0 Å². The average Bonchev–Trinajstić information content (AvgIpc) is 2.09. The molecule has 2 N–H and O–H groups in total. The fraction of sp³-hybridized carbons (Fsp3) is 0.917. The fourth-order valence-electron chi connectivity index (χ4n) is 1.37. The van der Waals surface area contributed by atoms with Gasteiger partial charge in [0.1, 0.15) is 0 Å². The summed E-state index contributed by atoms with van der Waals surface area (Å²) in [5, 5.41) is 6.26. The van der Waals surface area contributed by atoms with Crippen molar-refractivity contribution in [3.63, 3.8) is 0 Å². The van der Waals surface area contributed by atoms with E-state index in [2.05, 4.69) is 24.5 Å². The summed E-state index contributed by atoms with van der Waals surface area (Å²) in [7, 11) is 0. The van der Waals surface area contributed by atoms with E-state index in [4.69, 9.17) is 0 Å². The normalized spacial score (nSPS) is 11.1. The molecule has 0 spiro atoms. The minimum absolute atomic E-state index is 0.182. The number of amides is 1.